The van der Waals surface area contributed by atoms with Crippen molar-refractivity contribution >= 4 is 35.0 Å². The Kier molecular flexibility index (Phi) is 8.37. The first-order valence-electron chi connectivity index (χ1n) is 10.3. The summed E-state index contributed by atoms with van der Waals surface area (Å²) in [5, 5.41) is -0.518. The van der Waals surface area contributed by atoms with Gasteiger partial charge < -0.3 is 18.9 Å². The van der Waals surface area contributed by atoms with E-state index in [9.17, 15) is 14.4 Å². The SMILES string of the molecule is CCOc1cc(/C=C2\SC(=O)N(CC(=O)OC)C2=O)ccc1OCCOc1ccc(C)cc1. The van der Waals surface area contributed by atoms with E-state index in [-0.39, 0.29) is 4.91 Å². The van der Waals surface area contributed by atoms with E-state index in [0.717, 1.165) is 28.0 Å². The van der Waals surface area contributed by atoms with Crippen molar-refractivity contribution in [3.8, 4) is 17.2 Å². The lowest BCUT2D eigenvalue weighted by Gasteiger charge is -2.13. The number of esters is 1. The third kappa shape index (κ3) is 6.52. The molecule has 1 heterocycles. The number of carbonyl (C=O) groups excluding carboxylic acids is 3. The Morgan fingerprint density at radius 1 is 1.00 bits per heavy atom. The summed E-state index contributed by atoms with van der Waals surface area (Å²) >= 11 is 0.770. The summed E-state index contributed by atoms with van der Waals surface area (Å²) in [6, 6.07) is 13.0. The van der Waals surface area contributed by atoms with Gasteiger partial charge in [0.25, 0.3) is 11.1 Å². The Balaban J connectivity index is 1.65. The molecule has 0 saturated carbocycles. The Bertz CT molecular complexity index is 1050. The van der Waals surface area contributed by atoms with Crippen LogP contribution in [0.3, 0.4) is 0 Å². The van der Waals surface area contributed by atoms with Gasteiger partial charge in [0.2, 0.25) is 0 Å². The Morgan fingerprint density at radius 2 is 1.73 bits per heavy atom. The van der Waals surface area contributed by atoms with Gasteiger partial charge in [-0.3, -0.25) is 19.3 Å². The lowest BCUT2D eigenvalue weighted by atomic mass is 10.2. The van der Waals surface area contributed by atoms with Gasteiger partial charge in [-0.2, -0.15) is 0 Å². The molecule has 0 aliphatic carbocycles. The maximum absolute atomic E-state index is 12.5. The maximum Gasteiger partial charge on any atom is 0.325 e. The van der Waals surface area contributed by atoms with Crippen LogP contribution in [0.4, 0.5) is 4.79 Å². The normalized spacial score (nSPS) is 14.5. The fourth-order valence-corrected chi connectivity index (χ4v) is 3.77. The van der Waals surface area contributed by atoms with Gasteiger partial charge in [-0.25, -0.2) is 0 Å². The van der Waals surface area contributed by atoms with Crippen LogP contribution in [-0.4, -0.2) is 55.5 Å². The number of hydrogen-bond acceptors (Lipinski definition) is 8. The van der Waals surface area contributed by atoms with Crippen molar-refractivity contribution in [3.05, 3.63) is 58.5 Å². The third-order valence-corrected chi connectivity index (χ3v) is 5.49. The molecule has 0 bridgehead atoms. The number of hydrogen-bond donors (Lipinski definition) is 0. The molecule has 2 aromatic carbocycles. The van der Waals surface area contributed by atoms with Crippen LogP contribution in [0.5, 0.6) is 17.2 Å². The minimum Gasteiger partial charge on any atom is -0.490 e. The molecule has 1 aliphatic heterocycles. The van der Waals surface area contributed by atoms with E-state index in [2.05, 4.69) is 4.74 Å². The van der Waals surface area contributed by atoms with E-state index in [0.29, 0.717) is 36.9 Å². The number of imide groups is 1. The van der Waals surface area contributed by atoms with Crippen LogP contribution in [0.25, 0.3) is 6.08 Å². The number of rotatable bonds is 10. The molecule has 1 saturated heterocycles. The zero-order valence-electron chi connectivity index (χ0n) is 18.7. The number of carbonyl (C=O) groups is 3. The molecule has 2 aromatic rings. The van der Waals surface area contributed by atoms with Crippen LogP contribution in [0.1, 0.15) is 18.1 Å². The second kappa shape index (κ2) is 11.4. The third-order valence-electron chi connectivity index (χ3n) is 4.58. The first kappa shape index (κ1) is 24.2. The summed E-state index contributed by atoms with van der Waals surface area (Å²) in [7, 11) is 1.20. The molecule has 2 amide bonds. The maximum atomic E-state index is 12.5. The van der Waals surface area contributed by atoms with Crippen molar-refractivity contribution in [2.45, 2.75) is 13.8 Å². The first-order valence-corrected chi connectivity index (χ1v) is 11.1. The molecule has 0 atom stereocenters. The van der Waals surface area contributed by atoms with Gasteiger partial charge in [0.15, 0.2) is 11.5 Å². The van der Waals surface area contributed by atoms with Gasteiger partial charge in [-0.1, -0.05) is 23.8 Å². The summed E-state index contributed by atoms with van der Waals surface area (Å²) in [4.78, 5) is 37.1. The van der Waals surface area contributed by atoms with E-state index in [1.807, 2.05) is 38.1 Å². The number of aryl methyl sites for hydroxylation is 1. The molecule has 0 aromatic heterocycles. The molecular weight excluding hydrogens is 446 g/mol. The summed E-state index contributed by atoms with van der Waals surface area (Å²) in [5.74, 6) is 0.619. The van der Waals surface area contributed by atoms with Gasteiger partial charge in [0, 0.05) is 0 Å². The molecule has 8 nitrogen and oxygen atoms in total. The predicted octanol–water partition coefficient (Wildman–Crippen LogP) is 4.06. The molecule has 0 unspecified atom stereocenters. The summed E-state index contributed by atoms with van der Waals surface area (Å²) < 4.78 is 21.7. The first-order chi connectivity index (χ1) is 15.9. The van der Waals surface area contributed by atoms with Crippen molar-refractivity contribution in [2.75, 3.05) is 33.5 Å². The molecule has 174 valence electrons. The lowest BCUT2D eigenvalue weighted by Crippen LogP contribution is -2.34. The zero-order chi connectivity index (χ0) is 23.8. The van der Waals surface area contributed by atoms with E-state index >= 15 is 0 Å². The highest BCUT2D eigenvalue weighted by Crippen LogP contribution is 2.34. The highest BCUT2D eigenvalue weighted by atomic mass is 32.2. The van der Waals surface area contributed by atoms with Crippen molar-refractivity contribution in [2.24, 2.45) is 0 Å². The van der Waals surface area contributed by atoms with Crippen LogP contribution in [-0.2, 0) is 14.3 Å². The van der Waals surface area contributed by atoms with Gasteiger partial charge >= 0.3 is 5.97 Å². The van der Waals surface area contributed by atoms with Crippen LogP contribution < -0.4 is 14.2 Å². The summed E-state index contributed by atoms with van der Waals surface area (Å²) in [5.41, 5.74) is 1.82. The highest BCUT2D eigenvalue weighted by molar-refractivity contribution is 8.18. The fourth-order valence-electron chi connectivity index (χ4n) is 2.93. The molecule has 1 fully saturated rings. The van der Waals surface area contributed by atoms with Crippen LogP contribution >= 0.6 is 11.8 Å². The van der Waals surface area contributed by atoms with Crippen LogP contribution in [0, 0.1) is 6.92 Å². The van der Waals surface area contributed by atoms with Gasteiger partial charge in [0.05, 0.1) is 18.6 Å². The molecule has 0 N–H and O–H groups in total. The van der Waals surface area contributed by atoms with Crippen molar-refractivity contribution in [3.63, 3.8) is 0 Å². The number of amides is 2. The Labute approximate surface area is 196 Å². The quantitative estimate of drug-likeness (QED) is 0.291. The Morgan fingerprint density at radius 3 is 2.42 bits per heavy atom. The minimum atomic E-state index is -0.662. The minimum absolute atomic E-state index is 0.214. The molecule has 0 radical (unpaired) electrons. The van der Waals surface area contributed by atoms with Crippen molar-refractivity contribution in [1.82, 2.24) is 4.90 Å². The molecule has 0 spiro atoms. The molecule has 33 heavy (non-hydrogen) atoms. The lowest BCUT2D eigenvalue weighted by molar-refractivity contribution is -0.143. The smallest absolute Gasteiger partial charge is 0.325 e. The fraction of sp³-hybridized carbons (Fsp3) is 0.292. The Hall–Kier alpha value is -3.46. The van der Waals surface area contributed by atoms with Crippen LogP contribution in [0.15, 0.2) is 47.4 Å². The molecule has 9 heteroatoms. The average molecular weight is 472 g/mol. The van der Waals surface area contributed by atoms with Crippen molar-refractivity contribution in [1.29, 1.82) is 0 Å². The van der Waals surface area contributed by atoms with E-state index in [4.69, 9.17) is 14.2 Å². The van der Waals surface area contributed by atoms with Gasteiger partial charge in [0.1, 0.15) is 25.5 Å². The van der Waals surface area contributed by atoms with E-state index < -0.39 is 23.7 Å². The molecular formula is C24H25NO7S. The standard InChI is InChI=1S/C24H25NO7S/c1-4-30-20-13-17(14-21-23(27)25(24(28)33-21)15-22(26)29-3)7-10-19(20)32-12-11-31-18-8-5-16(2)6-9-18/h5-10,13-14H,4,11-12,15H2,1-3H3/b21-14-. The second-order valence-electron chi connectivity index (χ2n) is 6.99. The summed E-state index contributed by atoms with van der Waals surface area (Å²) in [6.07, 6.45) is 1.58. The highest BCUT2D eigenvalue weighted by Gasteiger charge is 2.36. The topological polar surface area (TPSA) is 91.4 Å². The van der Waals surface area contributed by atoms with E-state index in [1.165, 1.54) is 7.11 Å². The molecule has 3 rings (SSSR count). The number of methoxy groups -OCH3 is 1. The predicted molar refractivity (Wildman–Crippen MR) is 124 cm³/mol. The monoisotopic (exact) mass is 471 g/mol. The van der Waals surface area contributed by atoms with Gasteiger partial charge in [-0.15, -0.1) is 0 Å². The average Bonchev–Trinajstić information content (AvgIpc) is 3.06. The van der Waals surface area contributed by atoms with Crippen molar-refractivity contribution < 1.29 is 33.3 Å². The van der Waals surface area contributed by atoms with Crippen LogP contribution in [0.2, 0.25) is 0 Å². The largest absolute Gasteiger partial charge is 0.490 e. The van der Waals surface area contributed by atoms with Gasteiger partial charge in [-0.05, 0) is 61.5 Å². The zero-order valence-corrected chi connectivity index (χ0v) is 19.5. The second-order valence-corrected chi connectivity index (χ2v) is 7.99. The molecule has 1 aliphatic rings. The summed E-state index contributed by atoms with van der Waals surface area (Å²) in [6.45, 7) is 4.56. The number of thioether (sulfide) groups is 1. The number of nitrogens with zero attached hydrogens (tertiary/aromatic N) is 1. The van der Waals surface area contributed by atoms with E-state index in [1.54, 1.807) is 24.3 Å². The number of benzene rings is 2. The number of ether oxygens (including phenoxy) is 4.